The molecule has 5 nitrogen and oxygen atoms in total. The molecule has 16 heavy (non-hydrogen) atoms. The van der Waals surface area contributed by atoms with Crippen molar-refractivity contribution in [3.8, 4) is 0 Å². The van der Waals surface area contributed by atoms with E-state index in [1.165, 1.54) is 0 Å². The van der Waals surface area contributed by atoms with Gasteiger partial charge < -0.3 is 20.5 Å². The van der Waals surface area contributed by atoms with Crippen LogP contribution in [0, 0.1) is 0 Å². The zero-order valence-corrected chi connectivity index (χ0v) is 10.3. The lowest BCUT2D eigenvalue weighted by Gasteiger charge is -2.27. The molecular weight excluding hydrogens is 208 g/mol. The normalized spacial score (nSPS) is 26.2. The van der Waals surface area contributed by atoms with Gasteiger partial charge >= 0.3 is 6.09 Å². The van der Waals surface area contributed by atoms with Crippen molar-refractivity contribution in [2.45, 2.75) is 51.4 Å². The molecule has 1 aliphatic rings. The summed E-state index contributed by atoms with van der Waals surface area (Å²) in [5.41, 5.74) is 5.24. The second-order valence-electron chi connectivity index (χ2n) is 5.18. The average molecular weight is 230 g/mol. The molecule has 0 radical (unpaired) electrons. The first-order valence-electron chi connectivity index (χ1n) is 5.71. The lowest BCUT2D eigenvalue weighted by Crippen LogP contribution is -2.42. The fourth-order valence-corrected chi connectivity index (χ4v) is 1.50. The van der Waals surface area contributed by atoms with Crippen LogP contribution in [0.2, 0.25) is 0 Å². The highest BCUT2D eigenvalue weighted by Gasteiger charge is 2.21. The Kier molecular flexibility index (Phi) is 4.56. The Bertz CT molecular complexity index is 230. The number of rotatable bonds is 2. The molecule has 0 aliphatic carbocycles. The summed E-state index contributed by atoms with van der Waals surface area (Å²) >= 11 is 0. The number of carbonyl (C=O) groups is 1. The van der Waals surface area contributed by atoms with E-state index in [0.29, 0.717) is 13.2 Å². The third-order valence-corrected chi connectivity index (χ3v) is 2.28. The Hall–Kier alpha value is -0.810. The molecule has 1 rings (SSSR count). The van der Waals surface area contributed by atoms with E-state index in [0.717, 1.165) is 12.8 Å². The van der Waals surface area contributed by atoms with Gasteiger partial charge in [0, 0.05) is 12.6 Å². The van der Waals surface area contributed by atoms with E-state index in [-0.39, 0.29) is 12.1 Å². The highest BCUT2D eigenvalue weighted by atomic mass is 16.6. The smallest absolute Gasteiger partial charge is 0.407 e. The van der Waals surface area contributed by atoms with Crippen molar-refractivity contribution in [1.29, 1.82) is 0 Å². The summed E-state index contributed by atoms with van der Waals surface area (Å²) in [6.07, 6.45) is 1.50. The molecule has 3 N–H and O–H groups in total. The third-order valence-electron chi connectivity index (χ3n) is 2.28. The van der Waals surface area contributed by atoms with Crippen molar-refractivity contribution in [3.63, 3.8) is 0 Å². The molecule has 0 aromatic heterocycles. The Morgan fingerprint density at radius 1 is 1.50 bits per heavy atom. The van der Waals surface area contributed by atoms with Gasteiger partial charge in [-0.3, -0.25) is 0 Å². The maximum atomic E-state index is 11.4. The maximum Gasteiger partial charge on any atom is 0.407 e. The lowest BCUT2D eigenvalue weighted by molar-refractivity contribution is 0.00211. The fourth-order valence-electron chi connectivity index (χ4n) is 1.50. The predicted molar refractivity (Wildman–Crippen MR) is 61.2 cm³/mol. The lowest BCUT2D eigenvalue weighted by atomic mass is 10.1. The molecule has 1 saturated heterocycles. The number of nitrogens with two attached hydrogens (primary N) is 1. The summed E-state index contributed by atoms with van der Waals surface area (Å²) in [7, 11) is 0. The fraction of sp³-hybridized carbons (Fsp3) is 0.909. The van der Waals surface area contributed by atoms with Gasteiger partial charge in [0.25, 0.3) is 0 Å². The first-order valence-corrected chi connectivity index (χ1v) is 5.71. The Morgan fingerprint density at radius 3 is 2.69 bits per heavy atom. The van der Waals surface area contributed by atoms with Gasteiger partial charge in [-0.05, 0) is 33.6 Å². The van der Waals surface area contributed by atoms with Crippen LogP contribution in [-0.2, 0) is 9.47 Å². The molecule has 94 valence electrons. The molecule has 0 spiro atoms. The van der Waals surface area contributed by atoms with Crippen molar-refractivity contribution in [3.05, 3.63) is 0 Å². The van der Waals surface area contributed by atoms with E-state index in [1.807, 2.05) is 20.8 Å². The molecule has 0 aromatic carbocycles. The van der Waals surface area contributed by atoms with E-state index in [4.69, 9.17) is 15.2 Å². The van der Waals surface area contributed by atoms with Crippen molar-refractivity contribution in [2.24, 2.45) is 5.73 Å². The Morgan fingerprint density at radius 2 is 2.19 bits per heavy atom. The van der Waals surface area contributed by atoms with Gasteiger partial charge in [0.15, 0.2) is 0 Å². The van der Waals surface area contributed by atoms with E-state index in [2.05, 4.69) is 5.32 Å². The van der Waals surface area contributed by atoms with Crippen LogP contribution in [0.25, 0.3) is 0 Å². The summed E-state index contributed by atoms with van der Waals surface area (Å²) in [4.78, 5) is 11.4. The van der Waals surface area contributed by atoms with Crippen LogP contribution in [0.15, 0.2) is 0 Å². The summed E-state index contributed by atoms with van der Waals surface area (Å²) < 4.78 is 10.6. The quantitative estimate of drug-likeness (QED) is 0.742. The predicted octanol–water partition coefficient (Wildman–Crippen LogP) is 1.02. The largest absolute Gasteiger partial charge is 0.444 e. The van der Waals surface area contributed by atoms with Gasteiger partial charge in [-0.15, -0.1) is 0 Å². The minimum absolute atomic E-state index is 0.0623. The van der Waals surface area contributed by atoms with Crippen LogP contribution in [0.1, 0.15) is 33.6 Å². The second-order valence-corrected chi connectivity index (χ2v) is 5.18. The third kappa shape index (κ3) is 5.32. The monoisotopic (exact) mass is 230 g/mol. The van der Waals surface area contributed by atoms with Crippen molar-refractivity contribution < 1.29 is 14.3 Å². The summed E-state index contributed by atoms with van der Waals surface area (Å²) in [6, 6.07) is 0.137. The first kappa shape index (κ1) is 13.3. The van der Waals surface area contributed by atoms with Gasteiger partial charge in [0.2, 0.25) is 0 Å². The number of hydrogen-bond donors (Lipinski definition) is 2. The molecule has 1 heterocycles. The molecule has 0 bridgehead atoms. The van der Waals surface area contributed by atoms with Crippen LogP contribution < -0.4 is 11.1 Å². The van der Waals surface area contributed by atoms with Crippen molar-refractivity contribution >= 4 is 6.09 Å². The molecule has 1 amide bonds. The summed E-state index contributed by atoms with van der Waals surface area (Å²) in [5, 5.41) is 2.70. The molecule has 1 aliphatic heterocycles. The number of carbonyl (C=O) groups excluding carboxylic acids is 1. The average Bonchev–Trinajstić information content (AvgIpc) is 2.14. The molecule has 0 aromatic rings. The number of alkyl carbamates (subject to hydrolysis) is 1. The van der Waals surface area contributed by atoms with Gasteiger partial charge in [-0.1, -0.05) is 0 Å². The van der Waals surface area contributed by atoms with Crippen LogP contribution >= 0.6 is 0 Å². The minimum atomic E-state index is -0.458. The SMILES string of the molecule is CC(C)(C)OC(=O)NC[C@@H]1CC[C@@H](N)CO1. The maximum absolute atomic E-state index is 11.4. The van der Waals surface area contributed by atoms with E-state index in [9.17, 15) is 4.79 Å². The number of hydrogen-bond acceptors (Lipinski definition) is 4. The van der Waals surface area contributed by atoms with Crippen LogP contribution in [-0.4, -0.2) is 37.0 Å². The van der Waals surface area contributed by atoms with Crippen LogP contribution in [0.3, 0.4) is 0 Å². The molecule has 0 saturated carbocycles. The number of ether oxygens (including phenoxy) is 2. The topological polar surface area (TPSA) is 73.6 Å². The molecule has 1 fully saturated rings. The van der Waals surface area contributed by atoms with Crippen LogP contribution in [0.4, 0.5) is 4.79 Å². The molecule has 5 heteroatoms. The molecule has 2 atom stereocenters. The number of amides is 1. The van der Waals surface area contributed by atoms with E-state index in [1.54, 1.807) is 0 Å². The zero-order valence-electron chi connectivity index (χ0n) is 10.3. The van der Waals surface area contributed by atoms with Gasteiger partial charge in [-0.25, -0.2) is 4.79 Å². The van der Waals surface area contributed by atoms with Gasteiger partial charge in [0.05, 0.1) is 12.7 Å². The highest BCUT2D eigenvalue weighted by molar-refractivity contribution is 5.67. The Balaban J connectivity index is 2.17. The first-order chi connectivity index (χ1) is 7.37. The highest BCUT2D eigenvalue weighted by Crippen LogP contribution is 2.11. The minimum Gasteiger partial charge on any atom is -0.444 e. The Labute approximate surface area is 96.7 Å². The van der Waals surface area contributed by atoms with Gasteiger partial charge in [-0.2, -0.15) is 0 Å². The van der Waals surface area contributed by atoms with Gasteiger partial charge in [0.1, 0.15) is 5.60 Å². The summed E-state index contributed by atoms with van der Waals surface area (Å²) in [5.74, 6) is 0. The molecular formula is C11H22N2O3. The van der Waals surface area contributed by atoms with Crippen molar-refractivity contribution in [1.82, 2.24) is 5.32 Å². The van der Waals surface area contributed by atoms with E-state index >= 15 is 0 Å². The second kappa shape index (κ2) is 5.50. The van der Waals surface area contributed by atoms with E-state index < -0.39 is 11.7 Å². The van der Waals surface area contributed by atoms with Crippen molar-refractivity contribution in [2.75, 3.05) is 13.2 Å². The summed E-state index contributed by atoms with van der Waals surface area (Å²) in [6.45, 7) is 6.57. The number of nitrogens with one attached hydrogen (secondary N) is 1. The molecule has 0 unspecified atom stereocenters. The van der Waals surface area contributed by atoms with Crippen LogP contribution in [0.5, 0.6) is 0 Å². The zero-order chi connectivity index (χ0) is 12.2. The standard InChI is InChI=1S/C11H22N2O3/c1-11(2,3)16-10(14)13-6-9-5-4-8(12)7-15-9/h8-9H,4-7,12H2,1-3H3,(H,13,14)/t8-,9+/m1/s1.